The average molecular weight is 624 g/mol. The van der Waals surface area contributed by atoms with E-state index in [1.54, 1.807) is 56.1 Å². The Hall–Kier alpha value is -3.67. The van der Waals surface area contributed by atoms with Crippen molar-refractivity contribution in [3.63, 3.8) is 0 Å². The highest BCUT2D eigenvalue weighted by atomic mass is 32.2. The number of likely N-dealkylation sites (tertiary alicyclic amines) is 1. The van der Waals surface area contributed by atoms with E-state index in [1.807, 2.05) is 18.2 Å². The fourth-order valence-electron chi connectivity index (χ4n) is 6.08. The molecular formula is C32H34FN3O5S2. The summed E-state index contributed by atoms with van der Waals surface area (Å²) < 4.78 is 60.4. The van der Waals surface area contributed by atoms with E-state index in [0.717, 1.165) is 43.4 Å². The maximum Gasteiger partial charge on any atom is 0.266 e. The predicted octanol–water partition coefficient (Wildman–Crippen LogP) is 6.75. The summed E-state index contributed by atoms with van der Waals surface area (Å²) in [5, 5.41) is 2.10. The van der Waals surface area contributed by atoms with Crippen LogP contribution in [0.15, 0.2) is 77.1 Å². The van der Waals surface area contributed by atoms with Gasteiger partial charge in [-0.25, -0.2) is 22.1 Å². The van der Waals surface area contributed by atoms with Crippen LogP contribution in [0.3, 0.4) is 0 Å². The van der Waals surface area contributed by atoms with Crippen molar-refractivity contribution in [1.82, 2.24) is 9.88 Å². The predicted molar refractivity (Wildman–Crippen MR) is 164 cm³/mol. The first-order chi connectivity index (χ1) is 20.9. The fraction of sp³-hybridized carbons (Fsp3) is 0.344. The fourth-order valence-corrected chi connectivity index (χ4v) is 8.37. The zero-order valence-corrected chi connectivity index (χ0v) is 25.7. The Labute approximate surface area is 255 Å². The molecular weight excluding hydrogens is 590 g/mol. The quantitative estimate of drug-likeness (QED) is 0.204. The van der Waals surface area contributed by atoms with Gasteiger partial charge in [-0.3, -0.25) is 4.90 Å². The molecule has 0 radical (unpaired) electrons. The highest BCUT2D eigenvalue weighted by molar-refractivity contribution is 7.93. The molecule has 1 saturated heterocycles. The van der Waals surface area contributed by atoms with Crippen molar-refractivity contribution >= 4 is 26.5 Å². The van der Waals surface area contributed by atoms with Crippen LogP contribution in [0.25, 0.3) is 0 Å². The highest BCUT2D eigenvalue weighted by Gasteiger charge is 2.36. The van der Waals surface area contributed by atoms with Gasteiger partial charge in [0.05, 0.1) is 32.3 Å². The topological polar surface area (TPSA) is 81.2 Å². The van der Waals surface area contributed by atoms with Gasteiger partial charge in [-0.05, 0) is 55.3 Å². The number of aromatic nitrogens is 1. The number of nitrogens with zero attached hydrogens (tertiary/aromatic N) is 3. The van der Waals surface area contributed by atoms with Crippen LogP contribution in [0.5, 0.6) is 17.2 Å². The number of benzene rings is 3. The average Bonchev–Trinajstić information content (AvgIpc) is 3.58. The first-order valence-corrected chi connectivity index (χ1v) is 16.6. The standard InChI is InChI=1S/C32H34FN3O5S2/c1-39-25-11-8-23(30(19-25)40-2)21-36(32-34-15-18-42-32)43(37,38)26-12-13-27-29(14-17-41-31(27)20-26)35-16-4-3-5-28(35)22-6-9-24(33)10-7-22/h6-13,15,18-20,28-29H,3-5,14,16-17,21H2,1-2H3. The largest absolute Gasteiger partial charge is 0.497 e. The van der Waals surface area contributed by atoms with Crippen molar-refractivity contribution in [3.8, 4) is 17.2 Å². The van der Waals surface area contributed by atoms with Crippen molar-refractivity contribution in [2.75, 3.05) is 31.7 Å². The summed E-state index contributed by atoms with van der Waals surface area (Å²) in [6.45, 7) is 1.41. The molecule has 0 amide bonds. The minimum absolute atomic E-state index is 0.0245. The summed E-state index contributed by atoms with van der Waals surface area (Å²) >= 11 is 1.25. The molecule has 1 aromatic heterocycles. The number of anilines is 1. The molecule has 11 heteroatoms. The first kappa shape index (κ1) is 29.4. The smallest absolute Gasteiger partial charge is 0.266 e. The van der Waals surface area contributed by atoms with E-state index in [-0.39, 0.29) is 29.3 Å². The summed E-state index contributed by atoms with van der Waals surface area (Å²) in [4.78, 5) is 6.94. The van der Waals surface area contributed by atoms with Gasteiger partial charge in [-0.2, -0.15) is 0 Å². The molecule has 0 aliphatic carbocycles. The van der Waals surface area contributed by atoms with Gasteiger partial charge in [0.2, 0.25) is 0 Å². The van der Waals surface area contributed by atoms with E-state index in [0.29, 0.717) is 34.6 Å². The van der Waals surface area contributed by atoms with Crippen LogP contribution in [0.4, 0.5) is 9.52 Å². The van der Waals surface area contributed by atoms with Gasteiger partial charge in [0.15, 0.2) is 5.13 Å². The molecule has 2 atom stereocenters. The summed E-state index contributed by atoms with van der Waals surface area (Å²) in [6, 6.07) is 17.5. The van der Waals surface area contributed by atoms with Crippen LogP contribution in [-0.4, -0.2) is 45.7 Å². The summed E-state index contributed by atoms with van der Waals surface area (Å²) in [5.41, 5.74) is 2.74. The monoisotopic (exact) mass is 623 g/mol. The second-order valence-electron chi connectivity index (χ2n) is 10.7. The molecule has 2 unspecified atom stereocenters. The lowest BCUT2D eigenvalue weighted by Gasteiger charge is -2.43. The van der Waals surface area contributed by atoms with E-state index < -0.39 is 10.0 Å². The van der Waals surface area contributed by atoms with Crippen LogP contribution in [0, 0.1) is 5.82 Å². The molecule has 1 fully saturated rings. The van der Waals surface area contributed by atoms with Crippen LogP contribution in [0.1, 0.15) is 54.5 Å². The van der Waals surface area contributed by atoms with Gasteiger partial charge in [0, 0.05) is 53.3 Å². The second kappa shape index (κ2) is 12.5. The minimum Gasteiger partial charge on any atom is -0.497 e. The Balaban J connectivity index is 1.33. The SMILES string of the molecule is COc1ccc(CN(c2nccs2)S(=O)(=O)c2ccc3c(c2)OCCC3N2CCCCC2c2ccc(F)cc2)c(OC)c1. The van der Waals surface area contributed by atoms with Crippen LogP contribution in [0.2, 0.25) is 0 Å². The zero-order chi connectivity index (χ0) is 30.0. The third-order valence-electron chi connectivity index (χ3n) is 8.22. The van der Waals surface area contributed by atoms with E-state index in [9.17, 15) is 12.8 Å². The van der Waals surface area contributed by atoms with Crippen molar-refractivity contribution in [3.05, 3.63) is 94.7 Å². The Morgan fingerprint density at radius 3 is 2.60 bits per heavy atom. The molecule has 3 heterocycles. The van der Waals surface area contributed by atoms with Crippen LogP contribution >= 0.6 is 11.3 Å². The number of ether oxygens (including phenoxy) is 3. The Kier molecular flexibility index (Phi) is 8.56. The number of rotatable bonds is 9. The number of hydrogen-bond acceptors (Lipinski definition) is 8. The van der Waals surface area contributed by atoms with Crippen LogP contribution in [-0.2, 0) is 16.6 Å². The van der Waals surface area contributed by atoms with Gasteiger partial charge in [0.1, 0.15) is 23.1 Å². The van der Waals surface area contributed by atoms with E-state index in [4.69, 9.17) is 14.2 Å². The third kappa shape index (κ3) is 5.93. The van der Waals surface area contributed by atoms with Gasteiger partial charge in [0.25, 0.3) is 10.0 Å². The maximum absolute atomic E-state index is 14.2. The summed E-state index contributed by atoms with van der Waals surface area (Å²) in [5.74, 6) is 1.46. The lowest BCUT2D eigenvalue weighted by Crippen LogP contribution is -2.39. The van der Waals surface area contributed by atoms with Crippen molar-refractivity contribution in [2.24, 2.45) is 0 Å². The van der Waals surface area contributed by atoms with Gasteiger partial charge in [-0.15, -0.1) is 11.3 Å². The van der Waals surface area contributed by atoms with E-state index >= 15 is 0 Å². The van der Waals surface area contributed by atoms with Gasteiger partial charge in [-0.1, -0.05) is 24.6 Å². The molecule has 0 bridgehead atoms. The summed E-state index contributed by atoms with van der Waals surface area (Å²) in [6.07, 6.45) is 5.55. The lowest BCUT2D eigenvalue weighted by atomic mass is 9.89. The molecule has 4 aromatic rings. The molecule has 2 aliphatic rings. The molecule has 0 N–H and O–H groups in total. The molecule has 226 valence electrons. The van der Waals surface area contributed by atoms with Crippen LogP contribution < -0.4 is 18.5 Å². The van der Waals surface area contributed by atoms with Gasteiger partial charge < -0.3 is 14.2 Å². The van der Waals surface area contributed by atoms with Gasteiger partial charge >= 0.3 is 0 Å². The van der Waals surface area contributed by atoms with Crippen molar-refractivity contribution in [2.45, 2.75) is 49.2 Å². The first-order valence-electron chi connectivity index (χ1n) is 14.3. The number of fused-ring (bicyclic) bond motifs is 1. The maximum atomic E-state index is 14.2. The molecule has 0 spiro atoms. The Bertz CT molecular complexity index is 1670. The number of sulfonamides is 1. The normalized spacial score (nSPS) is 18.9. The highest BCUT2D eigenvalue weighted by Crippen LogP contribution is 2.44. The number of thiazole rings is 1. The third-order valence-corrected chi connectivity index (χ3v) is 10.9. The molecule has 8 nitrogen and oxygen atoms in total. The number of methoxy groups -OCH3 is 2. The molecule has 3 aromatic carbocycles. The number of halogens is 1. The second-order valence-corrected chi connectivity index (χ2v) is 13.4. The van der Waals surface area contributed by atoms with Crippen molar-refractivity contribution < 1.29 is 27.0 Å². The number of hydrogen-bond donors (Lipinski definition) is 0. The minimum atomic E-state index is -4.03. The molecule has 0 saturated carbocycles. The summed E-state index contributed by atoms with van der Waals surface area (Å²) in [7, 11) is -0.922. The lowest BCUT2D eigenvalue weighted by molar-refractivity contribution is 0.0668. The molecule has 43 heavy (non-hydrogen) atoms. The number of piperidine rings is 1. The Morgan fingerprint density at radius 2 is 1.86 bits per heavy atom. The molecule has 2 aliphatic heterocycles. The molecule has 6 rings (SSSR count). The van der Waals surface area contributed by atoms with E-state index in [1.165, 1.54) is 27.8 Å². The Morgan fingerprint density at radius 1 is 1.02 bits per heavy atom. The van der Waals surface area contributed by atoms with E-state index in [2.05, 4.69) is 9.88 Å². The zero-order valence-electron chi connectivity index (χ0n) is 24.1. The van der Waals surface area contributed by atoms with Crippen molar-refractivity contribution in [1.29, 1.82) is 0 Å².